The van der Waals surface area contributed by atoms with Gasteiger partial charge in [-0.3, -0.25) is 4.79 Å². The number of amides is 1. The number of nitrogens with one attached hydrogen (secondary N) is 1. The molecule has 8 heteroatoms. The number of carbonyl (C=O) groups is 1. The van der Waals surface area contributed by atoms with Crippen molar-refractivity contribution in [2.75, 3.05) is 45.2 Å². The molecule has 0 spiro atoms. The van der Waals surface area contributed by atoms with Gasteiger partial charge in [-0.25, -0.2) is 4.39 Å². The van der Waals surface area contributed by atoms with Crippen LogP contribution in [0.15, 0.2) is 48.5 Å². The molecule has 1 saturated carbocycles. The summed E-state index contributed by atoms with van der Waals surface area (Å²) < 4.78 is 24.4. The van der Waals surface area contributed by atoms with Crippen molar-refractivity contribution in [3.63, 3.8) is 0 Å². The van der Waals surface area contributed by atoms with E-state index in [1.54, 1.807) is 25.3 Å². The largest absolute Gasteiger partial charge is 0.497 e. The molecule has 0 radical (unpaired) electrons. The molecule has 1 saturated heterocycles. The smallest absolute Gasteiger partial charge is 0.254 e. The third-order valence-electron chi connectivity index (χ3n) is 5.72. The molecular weight excluding hydrogens is 429 g/mol. The Morgan fingerprint density at radius 3 is 2.75 bits per heavy atom. The summed E-state index contributed by atoms with van der Waals surface area (Å²) in [7, 11) is 1.60. The molecule has 4 rings (SSSR count). The van der Waals surface area contributed by atoms with Gasteiger partial charge in [0.1, 0.15) is 11.6 Å². The molecule has 2 aromatic carbocycles. The van der Waals surface area contributed by atoms with Crippen LogP contribution in [-0.2, 0) is 4.74 Å². The standard InChI is InChI=1S/C24H28FN3O3S/c1-30-21-4-2-3-18(13-21)23(29)28(14-17-5-6-17)16-22-15-27(11-12-31-22)24(32)26-20-9-7-19(25)8-10-20/h2-4,7-10,13,17,22H,5-6,11-12,14-16H2,1H3,(H,26,32). The molecular formula is C24H28FN3O3S. The predicted octanol–water partition coefficient (Wildman–Crippen LogP) is 3.78. The summed E-state index contributed by atoms with van der Waals surface area (Å²) in [6, 6.07) is 13.4. The molecule has 0 bridgehead atoms. The lowest BCUT2D eigenvalue weighted by atomic mass is 10.1. The monoisotopic (exact) mass is 457 g/mol. The van der Waals surface area contributed by atoms with Gasteiger partial charge in [-0.15, -0.1) is 0 Å². The van der Waals surface area contributed by atoms with Gasteiger partial charge in [0.2, 0.25) is 0 Å². The van der Waals surface area contributed by atoms with E-state index in [4.69, 9.17) is 21.7 Å². The minimum absolute atomic E-state index is 0.0106. The van der Waals surface area contributed by atoms with Crippen LogP contribution in [0.3, 0.4) is 0 Å². The van der Waals surface area contributed by atoms with Crippen molar-refractivity contribution in [2.45, 2.75) is 18.9 Å². The maximum Gasteiger partial charge on any atom is 0.254 e. The number of thiocarbonyl (C=S) groups is 1. The van der Waals surface area contributed by atoms with E-state index in [0.717, 1.165) is 25.1 Å². The summed E-state index contributed by atoms with van der Waals surface area (Å²) >= 11 is 5.56. The Morgan fingerprint density at radius 1 is 1.25 bits per heavy atom. The van der Waals surface area contributed by atoms with Gasteiger partial charge in [-0.2, -0.15) is 0 Å². The first-order valence-electron chi connectivity index (χ1n) is 10.9. The summed E-state index contributed by atoms with van der Waals surface area (Å²) in [6.45, 7) is 3.01. The number of morpholine rings is 1. The van der Waals surface area contributed by atoms with Gasteiger partial charge in [0.05, 0.1) is 19.8 Å². The lowest BCUT2D eigenvalue weighted by Gasteiger charge is -2.37. The van der Waals surface area contributed by atoms with E-state index in [2.05, 4.69) is 5.32 Å². The summed E-state index contributed by atoms with van der Waals surface area (Å²) in [6.07, 6.45) is 2.17. The molecule has 1 aliphatic heterocycles. The molecule has 2 fully saturated rings. The quantitative estimate of drug-likeness (QED) is 0.639. The third-order valence-corrected chi connectivity index (χ3v) is 6.09. The SMILES string of the molecule is COc1cccc(C(=O)N(CC2CC2)CC2CN(C(=S)Nc3ccc(F)cc3)CCO2)c1. The van der Waals surface area contributed by atoms with Crippen molar-refractivity contribution in [1.29, 1.82) is 0 Å². The van der Waals surface area contributed by atoms with Crippen molar-refractivity contribution >= 4 is 28.9 Å². The fourth-order valence-electron chi connectivity index (χ4n) is 3.79. The number of nitrogens with zero attached hydrogens (tertiary/aromatic N) is 2. The van der Waals surface area contributed by atoms with Gasteiger partial charge in [-0.1, -0.05) is 6.07 Å². The Bertz CT molecular complexity index is 952. The topological polar surface area (TPSA) is 54.0 Å². The van der Waals surface area contributed by atoms with Crippen LogP contribution in [0, 0.1) is 11.7 Å². The molecule has 2 aromatic rings. The number of hydrogen-bond donors (Lipinski definition) is 1. The number of ether oxygens (including phenoxy) is 2. The third kappa shape index (κ3) is 5.95. The Morgan fingerprint density at radius 2 is 2.03 bits per heavy atom. The molecule has 0 aromatic heterocycles. The summed E-state index contributed by atoms with van der Waals surface area (Å²) in [5.41, 5.74) is 1.36. The van der Waals surface area contributed by atoms with E-state index in [1.807, 2.05) is 28.0 Å². The number of rotatable bonds is 7. The van der Waals surface area contributed by atoms with Crippen LogP contribution in [0.2, 0.25) is 0 Å². The number of halogens is 1. The van der Waals surface area contributed by atoms with E-state index >= 15 is 0 Å². The average Bonchev–Trinajstić information content (AvgIpc) is 3.64. The van der Waals surface area contributed by atoms with Gasteiger partial charge in [0, 0.05) is 37.4 Å². The fourth-order valence-corrected chi connectivity index (χ4v) is 4.07. The van der Waals surface area contributed by atoms with Crippen LogP contribution in [0.4, 0.5) is 10.1 Å². The Labute approximate surface area is 193 Å². The molecule has 1 amide bonds. The average molecular weight is 458 g/mol. The van der Waals surface area contributed by atoms with Gasteiger partial charge in [0.25, 0.3) is 5.91 Å². The maximum atomic E-state index is 13.3. The fraction of sp³-hybridized carbons (Fsp3) is 0.417. The van der Waals surface area contributed by atoms with Crippen molar-refractivity contribution in [3.05, 3.63) is 59.9 Å². The lowest BCUT2D eigenvalue weighted by molar-refractivity contribution is -0.0209. The van der Waals surface area contributed by atoms with Crippen LogP contribution in [-0.4, -0.2) is 66.8 Å². The van der Waals surface area contributed by atoms with Crippen molar-refractivity contribution in [2.24, 2.45) is 5.92 Å². The summed E-state index contributed by atoms with van der Waals surface area (Å²) in [5.74, 6) is 0.929. The lowest BCUT2D eigenvalue weighted by Crippen LogP contribution is -2.51. The van der Waals surface area contributed by atoms with E-state index in [9.17, 15) is 9.18 Å². The van der Waals surface area contributed by atoms with Crippen LogP contribution < -0.4 is 10.1 Å². The molecule has 1 unspecified atom stereocenters. The number of hydrogen-bond acceptors (Lipinski definition) is 4. The number of benzene rings is 2. The van der Waals surface area contributed by atoms with Crippen molar-refractivity contribution in [3.8, 4) is 5.75 Å². The van der Waals surface area contributed by atoms with Gasteiger partial charge in [0.15, 0.2) is 5.11 Å². The van der Waals surface area contributed by atoms with Crippen LogP contribution in [0.25, 0.3) is 0 Å². The minimum Gasteiger partial charge on any atom is -0.497 e. The zero-order valence-corrected chi connectivity index (χ0v) is 18.9. The number of anilines is 1. The van der Waals surface area contributed by atoms with E-state index in [-0.39, 0.29) is 17.8 Å². The number of carbonyl (C=O) groups excluding carboxylic acids is 1. The minimum atomic E-state index is -0.288. The second kappa shape index (κ2) is 10.3. The van der Waals surface area contributed by atoms with Crippen LogP contribution in [0.5, 0.6) is 5.75 Å². The highest BCUT2D eigenvalue weighted by molar-refractivity contribution is 7.80. The predicted molar refractivity (Wildman–Crippen MR) is 126 cm³/mol. The molecule has 1 atom stereocenters. The van der Waals surface area contributed by atoms with Gasteiger partial charge in [-0.05, 0) is 73.4 Å². The molecule has 2 aliphatic rings. The molecule has 1 N–H and O–H groups in total. The first-order valence-corrected chi connectivity index (χ1v) is 11.3. The van der Waals surface area contributed by atoms with E-state index in [1.165, 1.54) is 12.1 Å². The van der Waals surface area contributed by atoms with E-state index in [0.29, 0.717) is 48.6 Å². The normalized spacial score (nSPS) is 18.2. The zero-order chi connectivity index (χ0) is 22.5. The van der Waals surface area contributed by atoms with Crippen molar-refractivity contribution in [1.82, 2.24) is 9.80 Å². The zero-order valence-electron chi connectivity index (χ0n) is 18.1. The van der Waals surface area contributed by atoms with Gasteiger partial charge >= 0.3 is 0 Å². The molecule has 1 aliphatic carbocycles. The second-order valence-electron chi connectivity index (χ2n) is 8.26. The Balaban J connectivity index is 1.39. The Kier molecular flexibility index (Phi) is 7.22. The molecule has 170 valence electrons. The molecule has 1 heterocycles. The summed E-state index contributed by atoms with van der Waals surface area (Å²) in [4.78, 5) is 17.2. The van der Waals surface area contributed by atoms with Crippen LogP contribution >= 0.6 is 12.2 Å². The summed E-state index contributed by atoms with van der Waals surface area (Å²) in [5, 5.41) is 3.72. The maximum absolute atomic E-state index is 13.3. The highest BCUT2D eigenvalue weighted by atomic mass is 32.1. The first kappa shape index (κ1) is 22.5. The van der Waals surface area contributed by atoms with E-state index < -0.39 is 0 Å². The highest BCUT2D eigenvalue weighted by Gasteiger charge is 2.31. The first-order chi connectivity index (χ1) is 15.5. The highest BCUT2D eigenvalue weighted by Crippen LogP contribution is 2.30. The van der Waals surface area contributed by atoms with Crippen molar-refractivity contribution < 1.29 is 18.7 Å². The number of methoxy groups -OCH3 is 1. The Hall–Kier alpha value is -2.71. The second-order valence-corrected chi connectivity index (χ2v) is 8.65. The molecule has 32 heavy (non-hydrogen) atoms. The van der Waals surface area contributed by atoms with Crippen LogP contribution in [0.1, 0.15) is 23.2 Å². The molecule has 6 nitrogen and oxygen atoms in total. The van der Waals surface area contributed by atoms with Gasteiger partial charge < -0.3 is 24.6 Å².